The highest BCUT2D eigenvalue weighted by Crippen LogP contribution is 2.27. The highest BCUT2D eigenvalue weighted by atomic mass is 79.9. The van der Waals surface area contributed by atoms with Gasteiger partial charge in [-0.3, -0.25) is 10.1 Å². The van der Waals surface area contributed by atoms with Gasteiger partial charge in [0.05, 0.1) is 4.92 Å². The summed E-state index contributed by atoms with van der Waals surface area (Å²) in [5, 5.41) is 24.1. The molecule has 100 valence electrons. The number of nitro groups is 1. The molecule has 1 N–H and O–H groups in total. The summed E-state index contributed by atoms with van der Waals surface area (Å²) in [4.78, 5) is 18.0. The quantitative estimate of drug-likeness (QED) is 0.295. The summed E-state index contributed by atoms with van der Waals surface area (Å²) in [5.74, 6) is 0.187. The van der Waals surface area contributed by atoms with E-state index in [-0.39, 0.29) is 16.7 Å². The smallest absolute Gasteiger partial charge is 0.320 e. The molecule has 0 spiro atoms. The number of nitrogens with one attached hydrogen (secondary N) is 1. The molecule has 0 atom stereocenters. The van der Waals surface area contributed by atoms with E-state index in [4.69, 9.17) is 5.26 Å². The summed E-state index contributed by atoms with van der Waals surface area (Å²) in [7, 11) is 0. The van der Waals surface area contributed by atoms with Crippen LogP contribution in [-0.2, 0) is 0 Å². The molecule has 1 aromatic heterocycles. The summed E-state index contributed by atoms with van der Waals surface area (Å²) in [6.45, 7) is 0. The highest BCUT2D eigenvalue weighted by molar-refractivity contribution is 9.10. The molecule has 9 heteroatoms. The van der Waals surface area contributed by atoms with Gasteiger partial charge >= 0.3 is 5.69 Å². The van der Waals surface area contributed by atoms with E-state index >= 15 is 0 Å². The topological polar surface area (TPSA) is 105 Å². The Morgan fingerprint density at radius 2 is 2.30 bits per heavy atom. The monoisotopic (exact) mass is 351 g/mol. The predicted octanol–water partition coefficient (Wildman–Crippen LogP) is 3.46. The summed E-state index contributed by atoms with van der Waals surface area (Å²) in [5.41, 5.74) is 0.428. The molecular formula is C11H6BrN5O2S. The fourth-order valence-electron chi connectivity index (χ4n) is 1.36. The van der Waals surface area contributed by atoms with Gasteiger partial charge in [-0.25, -0.2) is 4.98 Å². The normalized spacial score (nSPS) is 9.80. The lowest BCUT2D eigenvalue weighted by Crippen LogP contribution is -2.01. The van der Waals surface area contributed by atoms with Crippen LogP contribution in [0.5, 0.6) is 0 Å². The largest absolute Gasteiger partial charge is 0.324 e. The van der Waals surface area contributed by atoms with Crippen molar-refractivity contribution in [1.29, 1.82) is 5.26 Å². The number of halogens is 1. The summed E-state index contributed by atoms with van der Waals surface area (Å²) in [6.07, 6.45) is 1.08. The van der Waals surface area contributed by atoms with E-state index in [0.717, 1.165) is 16.4 Å². The highest BCUT2D eigenvalue weighted by Gasteiger charge is 2.17. The second kappa shape index (κ2) is 6.31. The van der Waals surface area contributed by atoms with Crippen molar-refractivity contribution >= 4 is 45.0 Å². The Morgan fingerprint density at radius 3 is 2.95 bits per heavy atom. The van der Waals surface area contributed by atoms with Crippen LogP contribution < -0.4 is 5.32 Å². The third-order valence-corrected chi connectivity index (χ3v) is 3.23. The molecule has 0 amide bonds. The lowest BCUT2D eigenvalue weighted by Gasteiger charge is -2.05. The van der Waals surface area contributed by atoms with E-state index in [1.807, 2.05) is 18.2 Å². The van der Waals surface area contributed by atoms with Gasteiger partial charge in [0.25, 0.3) is 0 Å². The second-order valence-electron chi connectivity index (χ2n) is 3.47. The Bertz CT molecular complexity index is 703. The van der Waals surface area contributed by atoms with Gasteiger partial charge in [-0.2, -0.15) is 10.2 Å². The standard InChI is InChI=1S/C11H6BrN5O2S/c12-7-2-1-3-8(4-7)15-11-14-5-9(17(18)19)10(16-11)20-6-13/h1-5H,(H,14,15,16). The molecule has 20 heavy (non-hydrogen) atoms. The van der Waals surface area contributed by atoms with Crippen LogP contribution in [-0.4, -0.2) is 14.9 Å². The maximum atomic E-state index is 10.8. The van der Waals surface area contributed by atoms with Crippen molar-refractivity contribution in [2.75, 3.05) is 5.32 Å². The van der Waals surface area contributed by atoms with Crippen molar-refractivity contribution in [3.63, 3.8) is 0 Å². The van der Waals surface area contributed by atoms with Crippen LogP contribution in [0.2, 0.25) is 0 Å². The Labute approximate surface area is 126 Å². The number of benzene rings is 1. The summed E-state index contributed by atoms with van der Waals surface area (Å²) < 4.78 is 0.871. The number of thioether (sulfide) groups is 1. The van der Waals surface area contributed by atoms with Crippen LogP contribution in [0.25, 0.3) is 0 Å². The van der Waals surface area contributed by atoms with Gasteiger partial charge in [0.1, 0.15) is 11.6 Å². The number of hydrogen-bond acceptors (Lipinski definition) is 7. The third kappa shape index (κ3) is 3.43. The first-order valence-electron chi connectivity index (χ1n) is 5.20. The summed E-state index contributed by atoms with van der Waals surface area (Å²) in [6, 6.07) is 7.29. The first-order valence-corrected chi connectivity index (χ1v) is 6.81. The van der Waals surface area contributed by atoms with Gasteiger partial charge < -0.3 is 5.32 Å². The number of nitrogens with zero attached hydrogens (tertiary/aromatic N) is 4. The van der Waals surface area contributed by atoms with Crippen LogP contribution in [0.3, 0.4) is 0 Å². The van der Waals surface area contributed by atoms with Crippen molar-refractivity contribution in [2.24, 2.45) is 0 Å². The van der Waals surface area contributed by atoms with E-state index in [9.17, 15) is 10.1 Å². The minimum atomic E-state index is -0.622. The van der Waals surface area contributed by atoms with Crippen molar-refractivity contribution in [1.82, 2.24) is 9.97 Å². The van der Waals surface area contributed by atoms with Gasteiger partial charge in [-0.05, 0) is 18.2 Å². The zero-order chi connectivity index (χ0) is 14.5. The molecule has 0 saturated carbocycles. The molecule has 0 unspecified atom stereocenters. The maximum Gasteiger partial charge on any atom is 0.320 e. The lowest BCUT2D eigenvalue weighted by molar-refractivity contribution is -0.388. The average Bonchev–Trinajstić information content (AvgIpc) is 2.39. The number of rotatable bonds is 4. The van der Waals surface area contributed by atoms with E-state index in [0.29, 0.717) is 11.8 Å². The minimum Gasteiger partial charge on any atom is -0.324 e. The number of hydrogen-bond donors (Lipinski definition) is 1. The Hall–Kier alpha value is -2.18. The maximum absolute atomic E-state index is 10.8. The van der Waals surface area contributed by atoms with Crippen LogP contribution in [0, 0.1) is 20.8 Å². The molecule has 1 aromatic carbocycles. The number of thiocyanates is 1. The third-order valence-electron chi connectivity index (χ3n) is 2.16. The molecule has 0 radical (unpaired) electrons. The molecule has 0 aliphatic rings. The average molecular weight is 352 g/mol. The number of nitriles is 1. The molecule has 2 aromatic rings. The zero-order valence-corrected chi connectivity index (χ0v) is 12.2. The van der Waals surface area contributed by atoms with E-state index < -0.39 is 4.92 Å². The molecule has 1 heterocycles. The van der Waals surface area contributed by atoms with Crippen LogP contribution >= 0.6 is 27.7 Å². The Balaban J connectivity index is 2.32. The number of anilines is 2. The Kier molecular flexibility index (Phi) is 4.49. The molecule has 7 nitrogen and oxygen atoms in total. The fraction of sp³-hybridized carbons (Fsp3) is 0. The van der Waals surface area contributed by atoms with Crippen molar-refractivity contribution in [3.8, 4) is 5.40 Å². The van der Waals surface area contributed by atoms with Crippen molar-refractivity contribution in [3.05, 3.63) is 45.0 Å². The first-order chi connectivity index (χ1) is 9.60. The van der Waals surface area contributed by atoms with Gasteiger partial charge in [0, 0.05) is 21.9 Å². The molecule has 0 bridgehead atoms. The minimum absolute atomic E-state index is 0.00463. The van der Waals surface area contributed by atoms with Crippen LogP contribution in [0.4, 0.5) is 17.3 Å². The molecule has 0 aliphatic carbocycles. The van der Waals surface area contributed by atoms with E-state index in [1.165, 1.54) is 0 Å². The molecule has 2 rings (SSSR count). The van der Waals surface area contributed by atoms with Gasteiger partial charge in [-0.1, -0.05) is 22.0 Å². The molecule has 0 aliphatic heterocycles. The Morgan fingerprint density at radius 1 is 1.50 bits per heavy atom. The summed E-state index contributed by atoms with van der Waals surface area (Å²) >= 11 is 3.95. The lowest BCUT2D eigenvalue weighted by atomic mass is 10.3. The van der Waals surface area contributed by atoms with Gasteiger partial charge in [-0.15, -0.1) is 0 Å². The van der Waals surface area contributed by atoms with Gasteiger partial charge in [0.15, 0.2) is 5.03 Å². The van der Waals surface area contributed by atoms with E-state index in [1.54, 1.807) is 11.5 Å². The molecular weight excluding hydrogens is 346 g/mol. The van der Waals surface area contributed by atoms with Crippen LogP contribution in [0.15, 0.2) is 40.0 Å². The van der Waals surface area contributed by atoms with E-state index in [2.05, 4.69) is 31.2 Å². The first kappa shape index (κ1) is 14.2. The molecule has 0 fully saturated rings. The number of aromatic nitrogens is 2. The van der Waals surface area contributed by atoms with Crippen molar-refractivity contribution < 1.29 is 4.92 Å². The second-order valence-corrected chi connectivity index (χ2v) is 5.16. The SMILES string of the molecule is N#CSc1nc(Nc2cccc(Br)c2)ncc1[N+](=O)[O-]. The van der Waals surface area contributed by atoms with Crippen LogP contribution in [0.1, 0.15) is 0 Å². The van der Waals surface area contributed by atoms with Crippen molar-refractivity contribution in [2.45, 2.75) is 5.03 Å². The fourth-order valence-corrected chi connectivity index (χ4v) is 2.21. The molecule has 0 saturated heterocycles. The predicted molar refractivity (Wildman–Crippen MR) is 77.6 cm³/mol. The van der Waals surface area contributed by atoms with Gasteiger partial charge in [0.2, 0.25) is 5.95 Å². The zero-order valence-electron chi connectivity index (χ0n) is 9.78.